The quantitative estimate of drug-likeness (QED) is 0.159. The summed E-state index contributed by atoms with van der Waals surface area (Å²) in [6.07, 6.45) is 4.96. The van der Waals surface area contributed by atoms with E-state index in [0.29, 0.717) is 24.1 Å². The number of pyridine rings is 1. The molecule has 1 aliphatic rings. The Morgan fingerprint density at radius 3 is 2.23 bits per heavy atom. The molecule has 1 fully saturated rings. The maximum Gasteiger partial charge on any atom is 0.416 e. The zero-order valence-electron chi connectivity index (χ0n) is 24.4. The van der Waals surface area contributed by atoms with E-state index in [1.165, 1.54) is 25.0 Å². The SMILES string of the molecule is CCOC(=O)c1c(CCc2ccncc2)c2cc(-c3ccc(C(F)(F)F)cc3)ccc2n1-c1ccc(OC2CCCC2)cc1. The summed E-state index contributed by atoms with van der Waals surface area (Å²) in [5.41, 5.74) is 4.62. The number of esters is 1. The van der Waals surface area contributed by atoms with Crippen LogP contribution in [0, 0.1) is 0 Å². The maximum absolute atomic E-state index is 13.6. The van der Waals surface area contributed by atoms with Crippen molar-refractivity contribution < 1.29 is 27.4 Å². The van der Waals surface area contributed by atoms with Crippen LogP contribution in [0.25, 0.3) is 27.7 Å². The fraction of sp³-hybridized carbons (Fsp3) is 0.278. The third-order valence-electron chi connectivity index (χ3n) is 8.20. The molecular formula is C36H33F3N2O3. The van der Waals surface area contributed by atoms with Gasteiger partial charge < -0.3 is 14.0 Å². The molecule has 8 heteroatoms. The van der Waals surface area contributed by atoms with Crippen molar-refractivity contribution in [1.29, 1.82) is 0 Å². The van der Waals surface area contributed by atoms with Crippen molar-refractivity contribution in [3.63, 3.8) is 0 Å². The molecule has 0 amide bonds. The molecule has 0 radical (unpaired) electrons. The van der Waals surface area contributed by atoms with Crippen LogP contribution < -0.4 is 4.74 Å². The van der Waals surface area contributed by atoms with Crippen LogP contribution in [0.4, 0.5) is 13.2 Å². The number of fused-ring (bicyclic) bond motifs is 1. The Hall–Kier alpha value is -4.59. The van der Waals surface area contributed by atoms with Gasteiger partial charge in [-0.3, -0.25) is 4.98 Å². The Morgan fingerprint density at radius 2 is 1.57 bits per heavy atom. The summed E-state index contributed by atoms with van der Waals surface area (Å²) >= 11 is 0. The van der Waals surface area contributed by atoms with Crippen molar-refractivity contribution in [3.8, 4) is 22.6 Å². The Morgan fingerprint density at radius 1 is 0.886 bits per heavy atom. The molecule has 3 aromatic carbocycles. The van der Waals surface area contributed by atoms with E-state index in [9.17, 15) is 18.0 Å². The first-order valence-corrected chi connectivity index (χ1v) is 15.0. The molecule has 5 aromatic rings. The average molecular weight is 599 g/mol. The highest BCUT2D eigenvalue weighted by atomic mass is 19.4. The fourth-order valence-corrected chi connectivity index (χ4v) is 6.01. The van der Waals surface area contributed by atoms with Gasteiger partial charge in [-0.2, -0.15) is 13.2 Å². The van der Waals surface area contributed by atoms with Gasteiger partial charge in [-0.05, 0) is 128 Å². The minimum Gasteiger partial charge on any atom is -0.490 e. The lowest BCUT2D eigenvalue weighted by Crippen LogP contribution is -2.14. The number of halogens is 3. The van der Waals surface area contributed by atoms with Crippen LogP contribution in [-0.4, -0.2) is 28.2 Å². The molecule has 0 spiro atoms. The molecule has 0 unspecified atom stereocenters. The molecular weight excluding hydrogens is 565 g/mol. The molecule has 0 saturated heterocycles. The summed E-state index contributed by atoms with van der Waals surface area (Å²) < 4.78 is 53.4. The van der Waals surface area contributed by atoms with E-state index in [2.05, 4.69) is 4.98 Å². The molecule has 0 atom stereocenters. The van der Waals surface area contributed by atoms with Crippen molar-refractivity contribution in [1.82, 2.24) is 9.55 Å². The number of hydrogen-bond donors (Lipinski definition) is 0. The second kappa shape index (κ2) is 12.6. The highest BCUT2D eigenvalue weighted by molar-refractivity contribution is 6.01. The molecule has 6 rings (SSSR count). The molecule has 0 aliphatic heterocycles. The molecule has 1 saturated carbocycles. The van der Waals surface area contributed by atoms with Gasteiger partial charge in [0.05, 0.1) is 23.8 Å². The van der Waals surface area contributed by atoms with Crippen LogP contribution in [0.3, 0.4) is 0 Å². The standard InChI is InChI=1S/C36H33F3N2O3/c1-2-43-35(42)34-31(17-7-24-19-21-40-22-20-24)32-23-26(25-8-11-27(12-9-25)36(37,38)39)10-18-33(32)41(34)28-13-15-30(16-14-28)44-29-5-3-4-6-29/h8-16,18-23,29H,2-7,17H2,1H3. The maximum atomic E-state index is 13.6. The van der Waals surface area contributed by atoms with E-state index < -0.39 is 17.7 Å². The first kappa shape index (κ1) is 29.5. The van der Waals surface area contributed by atoms with Gasteiger partial charge in [0.25, 0.3) is 0 Å². The molecule has 0 bridgehead atoms. The monoisotopic (exact) mass is 598 g/mol. The van der Waals surface area contributed by atoms with Crippen molar-refractivity contribution in [2.75, 3.05) is 6.61 Å². The highest BCUT2D eigenvalue weighted by Gasteiger charge is 2.30. The Bertz CT molecular complexity index is 1740. The third-order valence-corrected chi connectivity index (χ3v) is 8.20. The van der Waals surface area contributed by atoms with Crippen LogP contribution in [0.2, 0.25) is 0 Å². The number of carbonyl (C=O) groups excluding carboxylic acids is 1. The van der Waals surface area contributed by atoms with Gasteiger partial charge in [-0.15, -0.1) is 0 Å². The zero-order valence-corrected chi connectivity index (χ0v) is 24.4. The van der Waals surface area contributed by atoms with Gasteiger partial charge in [0.1, 0.15) is 11.4 Å². The van der Waals surface area contributed by atoms with E-state index in [1.807, 2.05) is 59.2 Å². The van der Waals surface area contributed by atoms with E-state index in [1.54, 1.807) is 19.3 Å². The Labute approximate surface area is 254 Å². The Balaban J connectivity index is 1.47. The largest absolute Gasteiger partial charge is 0.490 e. The second-order valence-electron chi connectivity index (χ2n) is 11.1. The van der Waals surface area contributed by atoms with Crippen molar-refractivity contribution >= 4 is 16.9 Å². The first-order valence-electron chi connectivity index (χ1n) is 15.0. The van der Waals surface area contributed by atoms with E-state index >= 15 is 0 Å². The van der Waals surface area contributed by atoms with Crippen LogP contribution in [-0.2, 0) is 23.8 Å². The van der Waals surface area contributed by atoms with Gasteiger partial charge in [-0.25, -0.2) is 4.79 Å². The number of aryl methyl sites for hydroxylation is 2. The van der Waals surface area contributed by atoms with E-state index in [0.717, 1.165) is 64.0 Å². The van der Waals surface area contributed by atoms with Crippen molar-refractivity contribution in [3.05, 3.63) is 114 Å². The summed E-state index contributed by atoms with van der Waals surface area (Å²) in [5, 5.41) is 0.839. The first-order chi connectivity index (χ1) is 21.3. The van der Waals surface area contributed by atoms with Gasteiger partial charge in [0.15, 0.2) is 0 Å². The number of ether oxygens (including phenoxy) is 2. The molecule has 226 valence electrons. The predicted octanol–water partition coefficient (Wildman–Crippen LogP) is 8.99. The van der Waals surface area contributed by atoms with Crippen molar-refractivity contribution in [2.45, 2.75) is 57.7 Å². The van der Waals surface area contributed by atoms with E-state index in [-0.39, 0.29) is 12.7 Å². The number of alkyl halides is 3. The molecule has 1 aliphatic carbocycles. The number of nitrogens with zero attached hydrogens (tertiary/aromatic N) is 2. The van der Waals surface area contributed by atoms with E-state index in [4.69, 9.17) is 9.47 Å². The topological polar surface area (TPSA) is 53.3 Å². The smallest absolute Gasteiger partial charge is 0.416 e. The minimum atomic E-state index is -4.41. The molecule has 2 heterocycles. The lowest BCUT2D eigenvalue weighted by Gasteiger charge is -2.15. The molecule has 44 heavy (non-hydrogen) atoms. The van der Waals surface area contributed by atoms with Gasteiger partial charge in [0, 0.05) is 23.5 Å². The number of aromatic nitrogens is 2. The van der Waals surface area contributed by atoms with Crippen LogP contribution in [0.1, 0.15) is 59.8 Å². The van der Waals surface area contributed by atoms with Crippen LogP contribution >= 0.6 is 0 Å². The number of benzene rings is 3. The minimum absolute atomic E-state index is 0.217. The summed E-state index contributed by atoms with van der Waals surface area (Å²) in [7, 11) is 0. The normalized spacial score (nSPS) is 13.8. The third kappa shape index (κ3) is 6.20. The predicted molar refractivity (Wildman–Crippen MR) is 164 cm³/mol. The number of rotatable bonds is 9. The van der Waals surface area contributed by atoms with Gasteiger partial charge >= 0.3 is 12.1 Å². The Kier molecular flexibility index (Phi) is 8.42. The van der Waals surface area contributed by atoms with Crippen molar-refractivity contribution in [2.24, 2.45) is 0 Å². The number of carbonyl (C=O) groups is 1. The summed E-state index contributed by atoms with van der Waals surface area (Å²) in [6.45, 7) is 1.99. The molecule has 5 nitrogen and oxygen atoms in total. The number of hydrogen-bond acceptors (Lipinski definition) is 4. The fourth-order valence-electron chi connectivity index (χ4n) is 6.01. The molecule has 0 N–H and O–H groups in total. The molecule has 2 aromatic heterocycles. The second-order valence-corrected chi connectivity index (χ2v) is 11.1. The summed E-state index contributed by atoms with van der Waals surface area (Å²) in [5.74, 6) is 0.355. The highest BCUT2D eigenvalue weighted by Crippen LogP contribution is 2.36. The van der Waals surface area contributed by atoms with Crippen LogP contribution in [0.15, 0.2) is 91.3 Å². The zero-order chi connectivity index (χ0) is 30.7. The van der Waals surface area contributed by atoms with Gasteiger partial charge in [0.2, 0.25) is 0 Å². The average Bonchev–Trinajstić information content (AvgIpc) is 3.66. The summed E-state index contributed by atoms with van der Waals surface area (Å²) in [4.78, 5) is 17.8. The lowest BCUT2D eigenvalue weighted by molar-refractivity contribution is -0.137. The summed E-state index contributed by atoms with van der Waals surface area (Å²) in [6, 6.07) is 22.5. The van der Waals surface area contributed by atoms with Gasteiger partial charge in [-0.1, -0.05) is 18.2 Å². The lowest BCUT2D eigenvalue weighted by atomic mass is 9.98. The van der Waals surface area contributed by atoms with Crippen LogP contribution in [0.5, 0.6) is 5.75 Å².